The summed E-state index contributed by atoms with van der Waals surface area (Å²) >= 11 is 0. The second-order valence-corrected chi connectivity index (χ2v) is 5.85. The number of furan rings is 1. The molecule has 0 saturated heterocycles. The van der Waals surface area contributed by atoms with Gasteiger partial charge in [-0.25, -0.2) is 0 Å². The number of nitrogens with one attached hydrogen (secondary N) is 1. The fourth-order valence-electron chi connectivity index (χ4n) is 3.16. The Kier molecular flexibility index (Phi) is 4.02. The molecule has 2 atom stereocenters. The molecule has 3 nitrogen and oxygen atoms in total. The quantitative estimate of drug-likeness (QED) is 0.908. The van der Waals surface area contributed by atoms with Gasteiger partial charge in [0, 0.05) is 6.04 Å². The summed E-state index contributed by atoms with van der Waals surface area (Å²) in [5, 5.41) is 3.71. The van der Waals surface area contributed by atoms with E-state index < -0.39 is 0 Å². The molecular weight excluding hydrogens is 262 g/mol. The zero-order valence-electron chi connectivity index (χ0n) is 13.0. The predicted molar refractivity (Wildman–Crippen MR) is 83.7 cm³/mol. The van der Waals surface area contributed by atoms with Gasteiger partial charge in [-0.1, -0.05) is 6.07 Å². The van der Waals surface area contributed by atoms with Crippen molar-refractivity contribution in [2.75, 3.05) is 7.11 Å². The van der Waals surface area contributed by atoms with E-state index in [-0.39, 0.29) is 6.04 Å². The van der Waals surface area contributed by atoms with Crippen molar-refractivity contribution in [1.82, 2.24) is 5.32 Å². The molecule has 0 aliphatic heterocycles. The first-order chi connectivity index (χ1) is 10.2. The van der Waals surface area contributed by atoms with E-state index in [1.165, 1.54) is 24.0 Å². The van der Waals surface area contributed by atoms with Crippen LogP contribution in [0.3, 0.4) is 0 Å². The minimum Gasteiger partial charge on any atom is -0.497 e. The first-order valence-corrected chi connectivity index (χ1v) is 7.66. The molecule has 1 aromatic heterocycles. The van der Waals surface area contributed by atoms with Crippen LogP contribution in [0.4, 0.5) is 0 Å². The lowest BCUT2D eigenvalue weighted by Crippen LogP contribution is -2.27. The van der Waals surface area contributed by atoms with Crippen molar-refractivity contribution in [2.24, 2.45) is 0 Å². The van der Waals surface area contributed by atoms with E-state index in [1.54, 1.807) is 7.11 Å². The molecule has 2 unspecified atom stereocenters. The van der Waals surface area contributed by atoms with Gasteiger partial charge in [0.15, 0.2) is 0 Å². The van der Waals surface area contributed by atoms with Gasteiger partial charge < -0.3 is 14.5 Å². The lowest BCUT2D eigenvalue weighted by molar-refractivity contribution is 0.360. The van der Waals surface area contributed by atoms with Crippen molar-refractivity contribution < 1.29 is 9.15 Å². The second-order valence-electron chi connectivity index (χ2n) is 5.85. The standard InChI is InChI=1S/C18H23NO2/c1-12-7-10-18(21-12)13(2)19-17-6-4-5-14-11-15(20-3)8-9-16(14)17/h7-11,13,17,19H,4-6H2,1-3H3. The molecule has 112 valence electrons. The minimum atomic E-state index is 0.219. The Balaban J connectivity index is 1.78. The van der Waals surface area contributed by atoms with Gasteiger partial charge in [-0.3, -0.25) is 0 Å². The Hall–Kier alpha value is -1.74. The van der Waals surface area contributed by atoms with Gasteiger partial charge in [-0.05, 0) is 68.5 Å². The highest BCUT2D eigenvalue weighted by molar-refractivity contribution is 5.39. The number of benzene rings is 1. The van der Waals surface area contributed by atoms with Gasteiger partial charge in [0.25, 0.3) is 0 Å². The van der Waals surface area contributed by atoms with Crippen molar-refractivity contribution >= 4 is 0 Å². The second kappa shape index (κ2) is 5.94. The average Bonchev–Trinajstić information content (AvgIpc) is 2.93. The Morgan fingerprint density at radius 3 is 2.86 bits per heavy atom. The fourth-order valence-corrected chi connectivity index (χ4v) is 3.16. The third kappa shape index (κ3) is 2.98. The van der Waals surface area contributed by atoms with E-state index in [1.807, 2.05) is 13.0 Å². The van der Waals surface area contributed by atoms with Crippen LogP contribution in [-0.4, -0.2) is 7.11 Å². The summed E-state index contributed by atoms with van der Waals surface area (Å²) in [6, 6.07) is 11.1. The molecule has 0 amide bonds. The van der Waals surface area contributed by atoms with Crippen LogP contribution in [0.5, 0.6) is 5.75 Å². The molecule has 3 heteroatoms. The fraction of sp³-hybridized carbons (Fsp3) is 0.444. The van der Waals surface area contributed by atoms with Crippen molar-refractivity contribution in [1.29, 1.82) is 0 Å². The summed E-state index contributed by atoms with van der Waals surface area (Å²) < 4.78 is 11.1. The Labute approximate surface area is 126 Å². The van der Waals surface area contributed by atoms with Crippen LogP contribution in [0, 0.1) is 6.92 Å². The smallest absolute Gasteiger partial charge is 0.120 e. The Morgan fingerprint density at radius 1 is 1.29 bits per heavy atom. The van der Waals surface area contributed by atoms with Crippen molar-refractivity contribution in [2.45, 2.75) is 45.2 Å². The number of methoxy groups -OCH3 is 1. The first kappa shape index (κ1) is 14.2. The largest absolute Gasteiger partial charge is 0.497 e. The molecule has 1 aliphatic carbocycles. The average molecular weight is 285 g/mol. The maximum Gasteiger partial charge on any atom is 0.120 e. The molecule has 0 spiro atoms. The maximum absolute atomic E-state index is 5.73. The summed E-state index contributed by atoms with van der Waals surface area (Å²) in [6.07, 6.45) is 3.52. The number of ether oxygens (including phenoxy) is 1. The molecule has 0 saturated carbocycles. The number of hydrogen-bond donors (Lipinski definition) is 1. The van der Waals surface area contributed by atoms with Gasteiger partial charge in [0.1, 0.15) is 17.3 Å². The van der Waals surface area contributed by atoms with E-state index in [9.17, 15) is 0 Å². The normalized spacial score (nSPS) is 19.1. The number of rotatable bonds is 4. The van der Waals surface area contributed by atoms with Gasteiger partial charge in [0.05, 0.1) is 13.2 Å². The third-order valence-corrected chi connectivity index (χ3v) is 4.30. The topological polar surface area (TPSA) is 34.4 Å². The molecule has 1 aromatic carbocycles. The number of aryl methyl sites for hydroxylation is 2. The molecule has 1 N–H and O–H groups in total. The highest BCUT2D eigenvalue weighted by Gasteiger charge is 2.23. The van der Waals surface area contributed by atoms with Crippen molar-refractivity contribution in [3.05, 3.63) is 53.0 Å². The molecule has 3 rings (SSSR count). The summed E-state index contributed by atoms with van der Waals surface area (Å²) in [6.45, 7) is 4.15. The molecule has 0 fully saturated rings. The predicted octanol–water partition coefficient (Wildman–Crippen LogP) is 4.32. The van der Waals surface area contributed by atoms with Crippen molar-refractivity contribution in [3.8, 4) is 5.75 Å². The van der Waals surface area contributed by atoms with Gasteiger partial charge >= 0.3 is 0 Å². The van der Waals surface area contributed by atoms with E-state index in [0.717, 1.165) is 23.7 Å². The highest BCUT2D eigenvalue weighted by atomic mass is 16.5. The lowest BCUT2D eigenvalue weighted by Gasteiger charge is -2.29. The summed E-state index contributed by atoms with van der Waals surface area (Å²) in [5.74, 6) is 2.92. The third-order valence-electron chi connectivity index (χ3n) is 4.30. The molecule has 2 aromatic rings. The SMILES string of the molecule is COc1ccc2c(c1)CCCC2NC(C)c1ccc(C)o1. The van der Waals surface area contributed by atoms with Crippen LogP contribution in [0.2, 0.25) is 0 Å². The van der Waals surface area contributed by atoms with Crippen LogP contribution < -0.4 is 10.1 Å². The van der Waals surface area contributed by atoms with Crippen LogP contribution in [0.15, 0.2) is 34.7 Å². The van der Waals surface area contributed by atoms with E-state index in [0.29, 0.717) is 6.04 Å². The monoisotopic (exact) mass is 285 g/mol. The van der Waals surface area contributed by atoms with Crippen LogP contribution in [0.1, 0.15) is 54.5 Å². The molecular formula is C18H23NO2. The minimum absolute atomic E-state index is 0.219. The summed E-state index contributed by atoms with van der Waals surface area (Å²) in [7, 11) is 1.72. The molecule has 21 heavy (non-hydrogen) atoms. The zero-order valence-corrected chi connectivity index (χ0v) is 13.0. The van der Waals surface area contributed by atoms with Gasteiger partial charge in [-0.15, -0.1) is 0 Å². The van der Waals surface area contributed by atoms with Crippen LogP contribution in [0.25, 0.3) is 0 Å². The van der Waals surface area contributed by atoms with Crippen molar-refractivity contribution in [3.63, 3.8) is 0 Å². The van der Waals surface area contributed by atoms with Gasteiger partial charge in [-0.2, -0.15) is 0 Å². The molecule has 0 radical (unpaired) electrons. The van der Waals surface area contributed by atoms with E-state index in [4.69, 9.17) is 9.15 Å². The molecule has 1 aliphatic rings. The number of fused-ring (bicyclic) bond motifs is 1. The Morgan fingerprint density at radius 2 is 2.14 bits per heavy atom. The van der Waals surface area contributed by atoms with Gasteiger partial charge in [0.2, 0.25) is 0 Å². The van der Waals surface area contributed by atoms with E-state index >= 15 is 0 Å². The summed E-state index contributed by atoms with van der Waals surface area (Å²) in [4.78, 5) is 0. The van der Waals surface area contributed by atoms with Crippen LogP contribution in [-0.2, 0) is 6.42 Å². The van der Waals surface area contributed by atoms with E-state index in [2.05, 4.69) is 36.5 Å². The van der Waals surface area contributed by atoms with Crippen LogP contribution >= 0.6 is 0 Å². The summed E-state index contributed by atoms with van der Waals surface area (Å²) in [5.41, 5.74) is 2.80. The molecule has 0 bridgehead atoms. The lowest BCUT2D eigenvalue weighted by atomic mass is 9.87. The maximum atomic E-state index is 5.73. The molecule has 1 heterocycles. The highest BCUT2D eigenvalue weighted by Crippen LogP contribution is 2.34. The zero-order chi connectivity index (χ0) is 14.8. The Bertz CT molecular complexity index is 617. The first-order valence-electron chi connectivity index (χ1n) is 7.66. The number of hydrogen-bond acceptors (Lipinski definition) is 3.